The van der Waals surface area contributed by atoms with Crippen LogP contribution in [0.4, 0.5) is 4.39 Å². The molecule has 2 aromatic heterocycles. The van der Waals surface area contributed by atoms with E-state index in [2.05, 4.69) is 36.8 Å². The summed E-state index contributed by atoms with van der Waals surface area (Å²) in [5.41, 5.74) is 13.3. The van der Waals surface area contributed by atoms with Gasteiger partial charge < -0.3 is 5.64 Å². The molecule has 1 saturated carbocycles. The second-order valence-corrected chi connectivity index (χ2v) is 14.0. The Kier molecular flexibility index (Phi) is 11.8. The van der Waals surface area contributed by atoms with Gasteiger partial charge >= 0.3 is 234 Å². The van der Waals surface area contributed by atoms with Crippen molar-refractivity contribution in [3.05, 3.63) is 82.6 Å². The summed E-state index contributed by atoms with van der Waals surface area (Å²) >= 11 is 0.873. The molecular formula is C34H42BFN4O2Pb. The second-order valence-electron chi connectivity index (χ2n) is 11.3. The first-order valence-electron chi connectivity index (χ1n) is 15.1. The Morgan fingerprint density at radius 2 is 1.86 bits per heavy atom. The molecule has 3 heterocycles. The molecule has 9 heteroatoms. The van der Waals surface area contributed by atoms with Gasteiger partial charge in [0.2, 0.25) is 0 Å². The van der Waals surface area contributed by atoms with Gasteiger partial charge in [0.1, 0.15) is 0 Å². The molecular weight excluding hydrogens is 733 g/mol. The number of nitrogens with two attached hydrogens (primary N) is 1. The fourth-order valence-electron chi connectivity index (χ4n) is 4.63. The Morgan fingerprint density at radius 1 is 1.16 bits per heavy atom. The first-order chi connectivity index (χ1) is 20.7. The number of ether oxygens (including phenoxy) is 1. The number of fused-ring (bicyclic) bond motifs is 2. The molecule has 1 fully saturated rings. The molecule has 2 aliphatic rings. The number of aryl methyl sites for hydroxylation is 3. The minimum absolute atomic E-state index is 0.202. The molecule has 0 spiro atoms. The monoisotopic (exact) mass is 776 g/mol. The van der Waals surface area contributed by atoms with Gasteiger partial charge in [0.25, 0.3) is 0 Å². The van der Waals surface area contributed by atoms with E-state index < -0.39 is 0 Å². The molecule has 0 bridgehead atoms. The predicted molar refractivity (Wildman–Crippen MR) is 176 cm³/mol. The van der Waals surface area contributed by atoms with E-state index in [1.54, 1.807) is 12.9 Å². The molecule has 6 rings (SSSR count). The zero-order valence-corrected chi connectivity index (χ0v) is 29.9. The van der Waals surface area contributed by atoms with Crippen LogP contribution in [-0.2, 0) is 6.42 Å². The smallest absolute Gasteiger partial charge is 0.198 e. The van der Waals surface area contributed by atoms with E-state index in [4.69, 9.17) is 19.8 Å². The van der Waals surface area contributed by atoms with E-state index in [1.807, 2.05) is 38.1 Å². The summed E-state index contributed by atoms with van der Waals surface area (Å²) in [6.07, 6.45) is 6.33. The summed E-state index contributed by atoms with van der Waals surface area (Å²) in [5.74, 6) is 1.46. The Morgan fingerprint density at radius 3 is 2.53 bits per heavy atom. The molecule has 2 aromatic carbocycles. The average Bonchev–Trinajstić information content (AvgIpc) is 3.75. The third kappa shape index (κ3) is 8.47. The normalized spacial score (nSPS) is 15.3. The van der Waals surface area contributed by atoms with Crippen molar-refractivity contribution in [3.8, 4) is 17.0 Å². The second kappa shape index (κ2) is 15.3. The number of halogens is 1. The van der Waals surface area contributed by atoms with Crippen LogP contribution in [-0.4, -0.2) is 56.3 Å². The fourth-order valence-corrected chi connectivity index (χ4v) is 5.60. The van der Waals surface area contributed by atoms with Gasteiger partial charge in [0.05, 0.1) is 0 Å². The van der Waals surface area contributed by atoms with Gasteiger partial charge in [-0.1, -0.05) is 26.1 Å². The summed E-state index contributed by atoms with van der Waals surface area (Å²) in [7, 11) is 1.50. The van der Waals surface area contributed by atoms with Gasteiger partial charge in [0, 0.05) is 0 Å². The van der Waals surface area contributed by atoms with Crippen molar-refractivity contribution in [2.75, 3.05) is 13.2 Å². The number of aromatic nitrogens is 2. The van der Waals surface area contributed by atoms with Crippen molar-refractivity contribution in [2.24, 2.45) is 5.64 Å². The number of nitrogens with zero attached hydrogens (tertiary/aromatic N) is 2. The van der Waals surface area contributed by atoms with Crippen molar-refractivity contribution in [1.29, 1.82) is 0 Å². The summed E-state index contributed by atoms with van der Waals surface area (Å²) in [6, 6.07) is 11.6. The topological polar surface area (TPSA) is 86.2 Å². The molecule has 0 saturated heterocycles. The molecule has 1 aliphatic carbocycles. The van der Waals surface area contributed by atoms with Crippen molar-refractivity contribution in [1.82, 2.24) is 15.3 Å². The van der Waals surface area contributed by atoms with E-state index >= 15 is 4.39 Å². The van der Waals surface area contributed by atoms with Crippen LogP contribution in [0.5, 0.6) is 5.75 Å². The van der Waals surface area contributed by atoms with Gasteiger partial charge in [-0.3, -0.25) is 0 Å². The quantitative estimate of drug-likeness (QED) is 0.182. The van der Waals surface area contributed by atoms with Gasteiger partial charge in [-0.15, -0.1) is 0 Å². The van der Waals surface area contributed by atoms with E-state index in [0.717, 1.165) is 89.2 Å². The molecule has 1 aliphatic heterocycles. The standard InChI is InChI=1S/C30H31FN3O2.C3H6.CH5BN.Pb/c1-6-7-28-34-26-9-8-21(14-27(26)36-28)20(5)32-11-10-22-15-23-19(4)16-35-30(23)29(33-22)24-12-17(2)18(3)13-25(24)31;1-2-3-1;1-2-3;/h8-10,12-15,19,32H,5-7,11,16H2,1-4H3;1-3H2;3H2,1H3;. The third-order valence-corrected chi connectivity index (χ3v) is 9.29. The van der Waals surface area contributed by atoms with Gasteiger partial charge in [0.15, 0.2) is 7.41 Å². The number of benzene rings is 2. The van der Waals surface area contributed by atoms with Crippen molar-refractivity contribution < 1.29 is 13.5 Å². The van der Waals surface area contributed by atoms with Crippen molar-refractivity contribution in [3.63, 3.8) is 0 Å². The minimum atomic E-state index is -0.264. The van der Waals surface area contributed by atoms with Crippen molar-refractivity contribution in [2.45, 2.75) is 76.0 Å². The van der Waals surface area contributed by atoms with E-state index in [-0.39, 0.29) is 15.2 Å². The van der Waals surface area contributed by atoms with E-state index in [1.165, 1.54) is 26.7 Å². The number of hydrogen-bond acceptors (Lipinski definition) is 6. The van der Waals surface area contributed by atoms with Gasteiger partial charge in [-0.2, -0.15) is 0 Å². The molecule has 4 aromatic rings. The SMILES string of the molecule is C1CC1.C=C(NC[CH]([Pb])c1cc2c(c(-c3cc(C)c(C)cc3F)n1)OCC2C)c1ccc2nc(CCC)oc2c1.C[B]N. The largest absolute Gasteiger partial charge is 0.375 e. The number of pyridine rings is 1. The molecule has 6 nitrogen and oxygen atoms in total. The third-order valence-electron chi connectivity index (χ3n) is 7.34. The van der Waals surface area contributed by atoms with Crippen LogP contribution in [0.2, 0.25) is 6.82 Å². The summed E-state index contributed by atoms with van der Waals surface area (Å²) < 4.78 is 27.2. The summed E-state index contributed by atoms with van der Waals surface area (Å²) in [4.78, 5) is 9.51. The van der Waals surface area contributed by atoms with Crippen LogP contribution in [0.25, 0.3) is 28.1 Å². The number of oxazole rings is 1. The minimum Gasteiger partial charge on any atom is -0.375 e. The van der Waals surface area contributed by atoms with Crippen LogP contribution in [0.15, 0.2) is 47.4 Å². The molecule has 3 N–H and O–H groups in total. The van der Waals surface area contributed by atoms with Crippen LogP contribution in [0.3, 0.4) is 0 Å². The molecule has 43 heavy (non-hydrogen) atoms. The maximum Gasteiger partial charge on any atom is 0.198 e. The predicted octanol–water partition coefficient (Wildman–Crippen LogP) is 7.35. The maximum atomic E-state index is 15.1. The average molecular weight is 776 g/mol. The number of rotatable bonds is 8. The Bertz CT molecular complexity index is 1570. The number of hydrogen-bond donors (Lipinski definition) is 2. The first-order valence-corrected chi connectivity index (χ1v) is 17.4. The Hall–Kier alpha value is -2.72. The number of nitrogens with one attached hydrogen (secondary N) is 1. The van der Waals surface area contributed by atoms with Gasteiger partial charge in [-0.05, 0) is 0 Å². The fraction of sp³-hybridized carbons (Fsp3) is 0.412. The zero-order chi connectivity index (χ0) is 31.1. The summed E-state index contributed by atoms with van der Waals surface area (Å²) in [5, 5.41) is 3.49. The van der Waals surface area contributed by atoms with Crippen LogP contribution in [0, 0.1) is 19.7 Å². The van der Waals surface area contributed by atoms with Crippen LogP contribution in [0.1, 0.15) is 82.8 Å². The summed E-state index contributed by atoms with van der Waals surface area (Å²) in [6.45, 7) is 15.5. The maximum absolute atomic E-state index is 15.1. The molecule has 224 valence electrons. The molecule has 2 unspecified atom stereocenters. The Labute approximate surface area is 272 Å². The van der Waals surface area contributed by atoms with Gasteiger partial charge in [-0.25, -0.2) is 0 Å². The van der Waals surface area contributed by atoms with Crippen LogP contribution < -0.4 is 15.7 Å². The first kappa shape index (κ1) is 33.2. The van der Waals surface area contributed by atoms with E-state index in [9.17, 15) is 0 Å². The molecule has 4 radical (unpaired) electrons. The van der Waals surface area contributed by atoms with Crippen LogP contribution >= 0.6 is 0 Å². The zero-order valence-electron chi connectivity index (χ0n) is 26.0. The molecule has 0 amide bonds. The van der Waals surface area contributed by atoms with E-state index in [0.29, 0.717) is 30.2 Å². The van der Waals surface area contributed by atoms with Crippen molar-refractivity contribution >= 4 is 50.0 Å². The Balaban J connectivity index is 0.000000640. The molecule has 2 atom stereocenters.